The van der Waals surface area contributed by atoms with E-state index in [1.54, 1.807) is 60.0 Å². The minimum Gasteiger partial charge on any atom is -0.502 e. The molecule has 0 saturated carbocycles. The molecule has 0 radical (unpaired) electrons. The first-order valence-electron chi connectivity index (χ1n) is 23.6. The van der Waals surface area contributed by atoms with E-state index in [0.717, 1.165) is 27.8 Å². The molecule has 0 saturated heterocycles. The lowest BCUT2D eigenvalue weighted by molar-refractivity contribution is 0.0575. The number of aromatic hydroxyl groups is 1. The van der Waals surface area contributed by atoms with Crippen molar-refractivity contribution in [2.75, 3.05) is 78.3 Å². The molecule has 2 aliphatic heterocycles. The molecule has 14 nitrogen and oxygen atoms in total. The van der Waals surface area contributed by atoms with Crippen molar-refractivity contribution >= 4 is 23.2 Å². The lowest BCUT2D eigenvalue weighted by atomic mass is 9.83. The van der Waals surface area contributed by atoms with Gasteiger partial charge in [-0.15, -0.1) is 0 Å². The molecule has 2 atom stereocenters. The van der Waals surface area contributed by atoms with Crippen LogP contribution < -0.4 is 26.2 Å². The zero-order chi connectivity index (χ0) is 50.0. The predicted molar refractivity (Wildman–Crippen MR) is 276 cm³/mol. The largest absolute Gasteiger partial charge is 0.502 e. The SMILES string of the molecule is COCCN1C[C@H](C(c2ccccc2)c2ccccc2)n2cc(N(C)C)c(=O)c(O)c2C1=O.COCCN1C[C@H](C(c2ccccc2)c2ccccc2)n2cc(N)c(=O)c(OCc3ccccc3)c2C1=O. The van der Waals surface area contributed by atoms with Gasteiger partial charge < -0.3 is 48.9 Å². The van der Waals surface area contributed by atoms with Crippen LogP contribution in [0.3, 0.4) is 0 Å². The van der Waals surface area contributed by atoms with Gasteiger partial charge in [0.25, 0.3) is 11.8 Å². The van der Waals surface area contributed by atoms with Crippen molar-refractivity contribution in [2.45, 2.75) is 30.5 Å². The van der Waals surface area contributed by atoms with E-state index in [1.165, 1.54) is 0 Å². The van der Waals surface area contributed by atoms with E-state index >= 15 is 0 Å². The van der Waals surface area contributed by atoms with Crippen molar-refractivity contribution in [2.24, 2.45) is 0 Å². The van der Waals surface area contributed by atoms with Gasteiger partial charge in [-0.1, -0.05) is 152 Å². The summed E-state index contributed by atoms with van der Waals surface area (Å²) in [6, 6.07) is 49.6. The van der Waals surface area contributed by atoms with Crippen LogP contribution in [0.25, 0.3) is 0 Å². The third-order valence-electron chi connectivity index (χ3n) is 13.2. The van der Waals surface area contributed by atoms with E-state index < -0.39 is 16.6 Å². The molecule has 0 bridgehead atoms. The summed E-state index contributed by atoms with van der Waals surface area (Å²) in [7, 11) is 6.69. The quantitative estimate of drug-likeness (QED) is 0.0988. The van der Waals surface area contributed by atoms with E-state index in [4.69, 9.17) is 19.9 Å². The van der Waals surface area contributed by atoms with Crippen LogP contribution in [-0.4, -0.2) is 104 Å². The average Bonchev–Trinajstić information content (AvgIpc) is 3.40. The Bertz CT molecular complexity index is 2950. The van der Waals surface area contributed by atoms with Crippen LogP contribution in [0, 0.1) is 0 Å². The lowest BCUT2D eigenvalue weighted by Crippen LogP contribution is -2.47. The number of ether oxygens (including phenoxy) is 3. The Morgan fingerprint density at radius 2 is 0.972 bits per heavy atom. The number of benzene rings is 5. The first-order chi connectivity index (χ1) is 34.5. The van der Waals surface area contributed by atoms with Gasteiger partial charge in [-0.3, -0.25) is 19.2 Å². The Balaban J connectivity index is 0.000000192. The molecule has 5 aromatic carbocycles. The zero-order valence-electron chi connectivity index (χ0n) is 40.5. The van der Waals surface area contributed by atoms with Crippen LogP contribution in [-0.2, 0) is 16.1 Å². The first-order valence-corrected chi connectivity index (χ1v) is 23.6. The molecule has 14 heteroatoms. The fraction of sp³-hybridized carbons (Fsp3) is 0.263. The molecule has 0 spiro atoms. The minimum absolute atomic E-state index is 0.0224. The average molecular weight is 957 g/mol. The van der Waals surface area contributed by atoms with Crippen molar-refractivity contribution < 1.29 is 28.9 Å². The molecule has 4 heterocycles. The van der Waals surface area contributed by atoms with Gasteiger partial charge in [0, 0.05) is 78.7 Å². The molecule has 0 unspecified atom stereocenters. The predicted octanol–water partition coefficient (Wildman–Crippen LogP) is 7.58. The third kappa shape index (κ3) is 10.6. The highest BCUT2D eigenvalue weighted by Crippen LogP contribution is 2.42. The Morgan fingerprint density at radius 1 is 0.577 bits per heavy atom. The van der Waals surface area contributed by atoms with Gasteiger partial charge in [0.2, 0.25) is 10.9 Å². The maximum Gasteiger partial charge on any atom is 0.274 e. The van der Waals surface area contributed by atoms with Crippen molar-refractivity contribution in [3.8, 4) is 11.5 Å². The summed E-state index contributed by atoms with van der Waals surface area (Å²) in [5.74, 6) is -1.41. The number of pyridine rings is 2. The van der Waals surface area contributed by atoms with Crippen molar-refractivity contribution in [1.82, 2.24) is 18.9 Å². The highest BCUT2D eigenvalue weighted by molar-refractivity contribution is 5.97. The molecule has 2 aromatic heterocycles. The summed E-state index contributed by atoms with van der Waals surface area (Å²) < 4.78 is 20.3. The van der Waals surface area contributed by atoms with Gasteiger partial charge >= 0.3 is 0 Å². The number of hydrogen-bond donors (Lipinski definition) is 2. The highest BCUT2D eigenvalue weighted by Gasteiger charge is 2.41. The molecule has 0 fully saturated rings. The van der Waals surface area contributed by atoms with Gasteiger partial charge in [0.1, 0.15) is 18.0 Å². The van der Waals surface area contributed by atoms with Gasteiger partial charge in [-0.25, -0.2) is 0 Å². The van der Waals surface area contributed by atoms with Crippen molar-refractivity contribution in [3.05, 3.63) is 224 Å². The number of nitrogens with zero attached hydrogens (tertiary/aromatic N) is 5. The molecule has 9 rings (SSSR count). The van der Waals surface area contributed by atoms with E-state index in [0.29, 0.717) is 45.1 Å². The van der Waals surface area contributed by atoms with Gasteiger partial charge in [0.15, 0.2) is 22.9 Å². The molecule has 7 aromatic rings. The van der Waals surface area contributed by atoms with E-state index in [9.17, 15) is 24.3 Å². The number of nitrogen functional groups attached to an aromatic ring is 1. The van der Waals surface area contributed by atoms with Crippen LogP contribution in [0.5, 0.6) is 11.5 Å². The fourth-order valence-electron chi connectivity index (χ4n) is 9.69. The molecule has 0 aliphatic carbocycles. The number of carbonyl (C=O) groups is 2. The molecule has 3 N–H and O–H groups in total. The second kappa shape index (κ2) is 22.7. The minimum atomic E-state index is -0.553. The Kier molecular flexibility index (Phi) is 15.8. The third-order valence-corrected chi connectivity index (χ3v) is 13.2. The van der Waals surface area contributed by atoms with Crippen LogP contribution in [0.4, 0.5) is 11.4 Å². The summed E-state index contributed by atoms with van der Waals surface area (Å²) in [6.45, 7) is 2.47. The molecule has 366 valence electrons. The number of anilines is 2. The van der Waals surface area contributed by atoms with E-state index in [2.05, 4.69) is 48.5 Å². The number of methoxy groups -OCH3 is 2. The maximum absolute atomic E-state index is 13.8. The number of hydrogen-bond acceptors (Lipinski definition) is 10. The number of carbonyl (C=O) groups excluding carboxylic acids is 2. The first kappa shape index (κ1) is 49.5. The lowest BCUT2D eigenvalue weighted by Gasteiger charge is -2.40. The second-order valence-electron chi connectivity index (χ2n) is 17.8. The van der Waals surface area contributed by atoms with Crippen LogP contribution in [0.15, 0.2) is 174 Å². The Hall–Kier alpha value is -7.94. The number of fused-ring (bicyclic) bond motifs is 2. The molecule has 2 aliphatic rings. The molecule has 2 amide bonds. The fourth-order valence-corrected chi connectivity index (χ4v) is 9.69. The van der Waals surface area contributed by atoms with Gasteiger partial charge in [0.05, 0.1) is 25.3 Å². The number of amides is 2. The number of aromatic nitrogens is 2. The summed E-state index contributed by atoms with van der Waals surface area (Å²) in [5, 5.41) is 10.9. The smallest absolute Gasteiger partial charge is 0.274 e. The highest BCUT2D eigenvalue weighted by atomic mass is 16.5. The van der Waals surface area contributed by atoms with E-state index in [-0.39, 0.29) is 65.2 Å². The zero-order valence-corrected chi connectivity index (χ0v) is 40.5. The van der Waals surface area contributed by atoms with Gasteiger partial charge in [-0.05, 0) is 27.8 Å². The monoisotopic (exact) mass is 956 g/mol. The van der Waals surface area contributed by atoms with Crippen LogP contribution in [0.2, 0.25) is 0 Å². The van der Waals surface area contributed by atoms with Gasteiger partial charge in [-0.2, -0.15) is 0 Å². The number of nitrogens with two attached hydrogens (primary N) is 1. The van der Waals surface area contributed by atoms with Crippen LogP contribution in [0.1, 0.15) is 72.7 Å². The Morgan fingerprint density at radius 3 is 1.38 bits per heavy atom. The Labute approximate surface area is 413 Å². The molecular weight excluding hydrogens is 897 g/mol. The summed E-state index contributed by atoms with van der Waals surface area (Å²) in [5.41, 5.74) is 11.1. The van der Waals surface area contributed by atoms with Crippen LogP contribution >= 0.6 is 0 Å². The normalized spacial score (nSPS) is 15.2. The topological polar surface area (TPSA) is 162 Å². The standard InChI is InChI=1S/C31H31N3O4.C26H29N3O4/c1-37-18-17-33-20-26(27(23-13-7-3-8-14-23)24-15-9-4-10-16-24)34-19-25(32)29(35)30(28(34)31(33)36)38-21-22-11-5-2-6-12-22;1-27(2)21-17-29-20(16-28(14-15-33-3)26(32)23(29)25(31)24(21)30)22(18-10-6-4-7-11-18)19-12-8-5-9-13-19/h2-16,19,26-27H,17-18,20-21,32H2,1H3;4-13,17,20,22,31H,14-16H2,1-3H3/t26-;20-/m11/s1. The number of rotatable bonds is 16. The molecule has 71 heavy (non-hydrogen) atoms. The summed E-state index contributed by atoms with van der Waals surface area (Å²) in [6.07, 6.45) is 3.30. The molecular formula is C57H60N6O8. The van der Waals surface area contributed by atoms with Crippen molar-refractivity contribution in [3.63, 3.8) is 0 Å². The second-order valence-corrected chi connectivity index (χ2v) is 17.8. The van der Waals surface area contributed by atoms with E-state index in [1.807, 2.05) is 108 Å². The summed E-state index contributed by atoms with van der Waals surface area (Å²) >= 11 is 0. The maximum atomic E-state index is 13.8. The summed E-state index contributed by atoms with van der Waals surface area (Å²) in [4.78, 5) is 58.4. The van der Waals surface area contributed by atoms with Crippen molar-refractivity contribution in [1.29, 1.82) is 0 Å².